The molecule has 3 rings (SSSR count). The van der Waals surface area contributed by atoms with Gasteiger partial charge in [-0.3, -0.25) is 4.79 Å². The molecule has 0 radical (unpaired) electrons. The average molecular weight is 357 g/mol. The van der Waals surface area contributed by atoms with Crippen molar-refractivity contribution in [3.8, 4) is 11.5 Å². The van der Waals surface area contributed by atoms with Crippen LogP contribution < -0.4 is 9.47 Å². The molecule has 1 unspecified atom stereocenters. The highest BCUT2D eigenvalue weighted by Crippen LogP contribution is 2.33. The third kappa shape index (κ3) is 4.40. The van der Waals surface area contributed by atoms with Gasteiger partial charge in [-0.1, -0.05) is 45.6 Å². The zero-order valence-corrected chi connectivity index (χ0v) is 16.1. The van der Waals surface area contributed by atoms with Crippen molar-refractivity contribution in [2.45, 2.75) is 77.3 Å². The lowest BCUT2D eigenvalue weighted by atomic mass is 9.91. The summed E-state index contributed by atoms with van der Waals surface area (Å²) < 4.78 is 10.8. The molecule has 1 amide bonds. The van der Waals surface area contributed by atoms with Crippen LogP contribution in [0.5, 0.6) is 11.5 Å². The van der Waals surface area contributed by atoms with Crippen molar-refractivity contribution in [2.24, 2.45) is 0 Å². The Hall–Kier alpha value is -1.97. The van der Waals surface area contributed by atoms with Gasteiger partial charge in [0.15, 0.2) is 11.5 Å². The average Bonchev–Trinajstić information content (AvgIpc) is 3.14. The summed E-state index contributed by atoms with van der Waals surface area (Å²) in [7, 11) is 0. The summed E-state index contributed by atoms with van der Waals surface area (Å²) >= 11 is 0. The largest absolute Gasteiger partial charge is 0.454 e. The normalized spacial score (nSPS) is 18.2. The zero-order valence-electron chi connectivity index (χ0n) is 16.1. The van der Waals surface area contributed by atoms with Gasteiger partial charge in [0, 0.05) is 18.2 Å². The van der Waals surface area contributed by atoms with Crippen LogP contribution in [0.15, 0.2) is 24.3 Å². The second-order valence-corrected chi connectivity index (χ2v) is 7.33. The van der Waals surface area contributed by atoms with E-state index in [4.69, 9.17) is 9.47 Å². The summed E-state index contributed by atoms with van der Waals surface area (Å²) in [6, 6.07) is 6.54. The number of nitrogens with zero attached hydrogens (tertiary/aromatic N) is 1. The van der Waals surface area contributed by atoms with Gasteiger partial charge >= 0.3 is 0 Å². The van der Waals surface area contributed by atoms with E-state index in [1.807, 2.05) is 24.3 Å². The predicted octanol–water partition coefficient (Wildman–Crippen LogP) is 5.17. The van der Waals surface area contributed by atoms with Crippen LogP contribution in [-0.2, 0) is 4.79 Å². The molecule has 0 saturated heterocycles. The highest BCUT2D eigenvalue weighted by Gasteiger charge is 2.29. The molecule has 4 heteroatoms. The van der Waals surface area contributed by atoms with Gasteiger partial charge in [-0.05, 0) is 49.5 Å². The van der Waals surface area contributed by atoms with Crippen LogP contribution in [0.2, 0.25) is 0 Å². The Bertz CT molecular complexity index is 630. The summed E-state index contributed by atoms with van der Waals surface area (Å²) in [6.45, 7) is 4.67. The number of carbonyl (C=O) groups excluding carboxylic acids is 1. The van der Waals surface area contributed by atoms with E-state index in [1.165, 1.54) is 19.3 Å². The van der Waals surface area contributed by atoms with Crippen molar-refractivity contribution >= 4 is 12.0 Å². The summed E-state index contributed by atoms with van der Waals surface area (Å²) in [6.07, 6.45) is 12.9. The molecule has 0 aromatic heterocycles. The van der Waals surface area contributed by atoms with E-state index in [0.717, 1.165) is 49.2 Å². The first-order chi connectivity index (χ1) is 12.7. The molecule has 4 nitrogen and oxygen atoms in total. The van der Waals surface area contributed by atoms with Crippen LogP contribution >= 0.6 is 0 Å². The first-order valence-electron chi connectivity index (χ1n) is 10.1. The smallest absolute Gasteiger partial charge is 0.247 e. The highest BCUT2D eigenvalue weighted by atomic mass is 16.7. The van der Waals surface area contributed by atoms with Gasteiger partial charge in [0.05, 0.1) is 0 Å². The van der Waals surface area contributed by atoms with Crippen molar-refractivity contribution in [2.75, 3.05) is 6.79 Å². The molecular weight excluding hydrogens is 326 g/mol. The number of hydrogen-bond donors (Lipinski definition) is 0. The molecule has 142 valence electrons. The first kappa shape index (κ1) is 18.8. The molecule has 1 heterocycles. The zero-order chi connectivity index (χ0) is 18.4. The molecule has 2 aliphatic rings. The minimum atomic E-state index is 0.148. The minimum absolute atomic E-state index is 0.148. The van der Waals surface area contributed by atoms with E-state index in [-0.39, 0.29) is 12.7 Å². The third-order valence-electron chi connectivity index (χ3n) is 5.52. The molecule has 1 saturated carbocycles. The summed E-state index contributed by atoms with van der Waals surface area (Å²) in [5.41, 5.74) is 0.967. The Balaban J connectivity index is 1.75. The fourth-order valence-electron chi connectivity index (χ4n) is 4.16. The van der Waals surface area contributed by atoms with E-state index in [9.17, 15) is 4.79 Å². The summed E-state index contributed by atoms with van der Waals surface area (Å²) in [5.74, 6) is 1.67. The lowest BCUT2D eigenvalue weighted by Gasteiger charge is -2.39. The van der Waals surface area contributed by atoms with Crippen molar-refractivity contribution in [3.05, 3.63) is 29.8 Å². The first-order valence-corrected chi connectivity index (χ1v) is 10.1. The Labute approximate surface area is 157 Å². The van der Waals surface area contributed by atoms with Gasteiger partial charge < -0.3 is 14.4 Å². The molecule has 1 aromatic carbocycles. The molecule has 1 atom stereocenters. The lowest BCUT2D eigenvalue weighted by Crippen LogP contribution is -2.47. The molecular formula is C22H31NO3. The predicted molar refractivity (Wildman–Crippen MR) is 104 cm³/mol. The number of rotatable bonds is 7. The molecule has 26 heavy (non-hydrogen) atoms. The van der Waals surface area contributed by atoms with Crippen LogP contribution in [0.25, 0.3) is 6.08 Å². The maximum Gasteiger partial charge on any atom is 0.247 e. The van der Waals surface area contributed by atoms with Crippen LogP contribution in [0.3, 0.4) is 0 Å². The van der Waals surface area contributed by atoms with Crippen molar-refractivity contribution in [3.63, 3.8) is 0 Å². The minimum Gasteiger partial charge on any atom is -0.454 e. The Morgan fingerprint density at radius 3 is 2.69 bits per heavy atom. The SMILES string of the molecule is CCCC(CC)N(C(=O)/C=C/c1ccc2c(c1)OCO2)C1CCCCC1. The molecule has 0 spiro atoms. The van der Waals surface area contributed by atoms with Gasteiger partial charge in [0.1, 0.15) is 0 Å². The molecule has 0 bridgehead atoms. The van der Waals surface area contributed by atoms with E-state index in [1.54, 1.807) is 6.08 Å². The van der Waals surface area contributed by atoms with Crippen LogP contribution in [0.1, 0.15) is 70.8 Å². The molecule has 1 aromatic rings. The topological polar surface area (TPSA) is 38.8 Å². The van der Waals surface area contributed by atoms with Crippen molar-refractivity contribution < 1.29 is 14.3 Å². The van der Waals surface area contributed by atoms with Crippen molar-refractivity contribution in [1.82, 2.24) is 4.90 Å². The molecule has 1 fully saturated rings. The maximum absolute atomic E-state index is 13.1. The fraction of sp³-hybridized carbons (Fsp3) is 0.591. The standard InChI is InChI=1S/C22H31NO3/c1-3-8-18(4-2)23(19-9-6-5-7-10-19)22(24)14-12-17-11-13-20-21(15-17)26-16-25-20/h11-15,18-19H,3-10,16H2,1-2H3/b14-12+. The number of fused-ring (bicyclic) bond motifs is 1. The van der Waals surface area contributed by atoms with E-state index in [2.05, 4.69) is 18.7 Å². The number of amides is 1. The van der Waals surface area contributed by atoms with E-state index < -0.39 is 0 Å². The molecule has 1 aliphatic carbocycles. The number of hydrogen-bond acceptors (Lipinski definition) is 3. The lowest BCUT2D eigenvalue weighted by molar-refractivity contribution is -0.132. The van der Waals surface area contributed by atoms with Gasteiger partial charge in [-0.25, -0.2) is 0 Å². The van der Waals surface area contributed by atoms with Gasteiger partial charge in [0.2, 0.25) is 12.7 Å². The summed E-state index contributed by atoms with van der Waals surface area (Å²) in [4.78, 5) is 15.3. The fourth-order valence-corrected chi connectivity index (χ4v) is 4.16. The van der Waals surface area contributed by atoms with Gasteiger partial charge in [0.25, 0.3) is 0 Å². The van der Waals surface area contributed by atoms with Crippen LogP contribution in [-0.4, -0.2) is 29.7 Å². The Morgan fingerprint density at radius 2 is 1.96 bits per heavy atom. The second-order valence-electron chi connectivity index (χ2n) is 7.33. The van der Waals surface area contributed by atoms with E-state index >= 15 is 0 Å². The van der Waals surface area contributed by atoms with Crippen LogP contribution in [0, 0.1) is 0 Å². The maximum atomic E-state index is 13.1. The number of benzene rings is 1. The quantitative estimate of drug-likeness (QED) is 0.632. The van der Waals surface area contributed by atoms with Crippen LogP contribution in [0.4, 0.5) is 0 Å². The molecule has 1 aliphatic heterocycles. The Morgan fingerprint density at radius 1 is 1.19 bits per heavy atom. The number of carbonyl (C=O) groups is 1. The van der Waals surface area contributed by atoms with E-state index in [0.29, 0.717) is 12.1 Å². The summed E-state index contributed by atoms with van der Waals surface area (Å²) in [5, 5.41) is 0. The second kappa shape index (κ2) is 9.11. The third-order valence-corrected chi connectivity index (χ3v) is 5.52. The molecule has 0 N–H and O–H groups in total. The Kier molecular flexibility index (Phi) is 6.59. The highest BCUT2D eigenvalue weighted by molar-refractivity contribution is 5.92. The monoisotopic (exact) mass is 357 g/mol. The van der Waals surface area contributed by atoms with Gasteiger partial charge in [-0.2, -0.15) is 0 Å². The van der Waals surface area contributed by atoms with Gasteiger partial charge in [-0.15, -0.1) is 0 Å². The number of ether oxygens (including phenoxy) is 2. The van der Waals surface area contributed by atoms with Crippen molar-refractivity contribution in [1.29, 1.82) is 0 Å².